The zero-order chi connectivity index (χ0) is 12.9. The molecule has 5 heteroatoms. The number of hydrogen-bond donors (Lipinski definition) is 1. The summed E-state index contributed by atoms with van der Waals surface area (Å²) in [7, 11) is 1.74. The van der Waals surface area contributed by atoms with Crippen LogP contribution in [0.4, 0.5) is 0 Å². The number of aromatic nitrogens is 3. The van der Waals surface area contributed by atoms with Crippen LogP contribution in [0.3, 0.4) is 0 Å². The van der Waals surface area contributed by atoms with Crippen molar-refractivity contribution in [2.24, 2.45) is 0 Å². The van der Waals surface area contributed by atoms with Gasteiger partial charge in [0.1, 0.15) is 12.2 Å². The van der Waals surface area contributed by atoms with Crippen LogP contribution in [0, 0.1) is 0 Å². The quantitative estimate of drug-likeness (QED) is 0.789. The summed E-state index contributed by atoms with van der Waals surface area (Å²) in [5.41, 5.74) is -0.169. The molecule has 98 valence electrons. The first kappa shape index (κ1) is 14.1. The minimum absolute atomic E-state index is 0.169. The van der Waals surface area contributed by atoms with Gasteiger partial charge in [0.2, 0.25) is 0 Å². The molecule has 0 aromatic carbocycles. The largest absolute Gasteiger partial charge is 0.379 e. The highest BCUT2D eigenvalue weighted by molar-refractivity contribution is 4.97. The van der Waals surface area contributed by atoms with Crippen molar-refractivity contribution in [2.45, 2.75) is 52.3 Å². The Labute approximate surface area is 104 Å². The average Bonchev–Trinajstić information content (AvgIpc) is 2.76. The predicted molar refractivity (Wildman–Crippen MR) is 67.8 cm³/mol. The summed E-state index contributed by atoms with van der Waals surface area (Å²) >= 11 is 0. The van der Waals surface area contributed by atoms with E-state index in [0.717, 1.165) is 25.3 Å². The van der Waals surface area contributed by atoms with E-state index in [4.69, 9.17) is 4.74 Å². The number of nitrogens with zero attached hydrogens (tertiary/aromatic N) is 3. The Morgan fingerprint density at radius 1 is 1.47 bits per heavy atom. The lowest BCUT2D eigenvalue weighted by Gasteiger charge is -2.28. The highest BCUT2D eigenvalue weighted by Crippen LogP contribution is 2.24. The van der Waals surface area contributed by atoms with E-state index in [9.17, 15) is 0 Å². The summed E-state index contributed by atoms with van der Waals surface area (Å²) in [6, 6.07) is 0.178. The number of hydrogen-bond acceptors (Lipinski definition) is 4. The Morgan fingerprint density at radius 3 is 2.71 bits per heavy atom. The van der Waals surface area contributed by atoms with Gasteiger partial charge in [-0.1, -0.05) is 6.92 Å². The predicted octanol–water partition coefficient (Wildman–Crippen LogP) is 1.76. The number of methoxy groups -OCH3 is 1. The second-order valence-corrected chi connectivity index (χ2v) is 4.71. The molecule has 1 aromatic rings. The highest BCUT2D eigenvalue weighted by Gasteiger charge is 2.26. The molecule has 0 radical (unpaired) electrons. The van der Waals surface area contributed by atoms with Gasteiger partial charge in [0, 0.05) is 13.7 Å². The van der Waals surface area contributed by atoms with Crippen LogP contribution >= 0.6 is 0 Å². The summed E-state index contributed by atoms with van der Waals surface area (Å²) in [6.45, 7) is 10.1. The molecular weight excluding hydrogens is 216 g/mol. The lowest BCUT2D eigenvalue weighted by Crippen LogP contribution is -2.33. The fourth-order valence-corrected chi connectivity index (χ4v) is 1.86. The van der Waals surface area contributed by atoms with Crippen LogP contribution in [0.2, 0.25) is 0 Å². The van der Waals surface area contributed by atoms with Crippen molar-refractivity contribution in [1.29, 1.82) is 0 Å². The summed E-state index contributed by atoms with van der Waals surface area (Å²) in [5, 5.41) is 7.67. The molecule has 0 aliphatic rings. The SMILES string of the molecule is CCNC(CC(C)(C)OC)c1ncnn1CC. The first-order chi connectivity index (χ1) is 8.04. The van der Waals surface area contributed by atoms with E-state index in [1.54, 1.807) is 13.4 Å². The van der Waals surface area contributed by atoms with Crippen LogP contribution in [0.15, 0.2) is 6.33 Å². The van der Waals surface area contributed by atoms with Crippen molar-refractivity contribution in [3.8, 4) is 0 Å². The van der Waals surface area contributed by atoms with Crippen LogP contribution < -0.4 is 5.32 Å². The second-order valence-electron chi connectivity index (χ2n) is 4.71. The van der Waals surface area contributed by atoms with Crippen molar-refractivity contribution in [3.63, 3.8) is 0 Å². The minimum Gasteiger partial charge on any atom is -0.379 e. The lowest BCUT2D eigenvalue weighted by molar-refractivity contribution is 0.00589. The monoisotopic (exact) mass is 240 g/mol. The molecule has 0 aliphatic heterocycles. The average molecular weight is 240 g/mol. The third-order valence-corrected chi connectivity index (χ3v) is 2.96. The van der Waals surface area contributed by atoms with Crippen LogP contribution in [-0.2, 0) is 11.3 Å². The van der Waals surface area contributed by atoms with E-state index in [1.165, 1.54) is 0 Å². The molecule has 5 nitrogen and oxygen atoms in total. The van der Waals surface area contributed by atoms with Gasteiger partial charge in [-0.15, -0.1) is 0 Å². The molecule has 1 atom stereocenters. The molecule has 1 rings (SSSR count). The van der Waals surface area contributed by atoms with Crippen LogP contribution in [0.1, 0.15) is 46.0 Å². The van der Waals surface area contributed by atoms with Gasteiger partial charge in [-0.05, 0) is 33.7 Å². The Hall–Kier alpha value is -0.940. The van der Waals surface area contributed by atoms with Crippen LogP contribution in [0.5, 0.6) is 0 Å². The maximum absolute atomic E-state index is 5.49. The zero-order valence-electron chi connectivity index (χ0n) is 11.5. The Bertz CT molecular complexity index is 335. The van der Waals surface area contributed by atoms with Crippen molar-refractivity contribution >= 4 is 0 Å². The molecule has 0 aliphatic carbocycles. The number of aryl methyl sites for hydroxylation is 1. The third-order valence-electron chi connectivity index (χ3n) is 2.96. The van der Waals surface area contributed by atoms with Crippen LogP contribution in [-0.4, -0.2) is 34.0 Å². The maximum Gasteiger partial charge on any atom is 0.144 e. The van der Waals surface area contributed by atoms with E-state index >= 15 is 0 Å². The molecule has 1 aromatic heterocycles. The summed E-state index contributed by atoms with van der Waals surface area (Å²) in [6.07, 6.45) is 2.49. The van der Waals surface area contributed by atoms with E-state index in [1.807, 2.05) is 4.68 Å². The molecule has 0 saturated carbocycles. The minimum atomic E-state index is -0.169. The molecule has 0 bridgehead atoms. The summed E-state index contributed by atoms with van der Waals surface area (Å²) in [5.74, 6) is 0.986. The smallest absolute Gasteiger partial charge is 0.144 e. The van der Waals surface area contributed by atoms with E-state index in [-0.39, 0.29) is 11.6 Å². The van der Waals surface area contributed by atoms with Gasteiger partial charge in [0.25, 0.3) is 0 Å². The van der Waals surface area contributed by atoms with Crippen molar-refractivity contribution in [2.75, 3.05) is 13.7 Å². The van der Waals surface area contributed by atoms with Gasteiger partial charge in [-0.3, -0.25) is 0 Å². The maximum atomic E-state index is 5.49. The first-order valence-electron chi connectivity index (χ1n) is 6.20. The van der Waals surface area contributed by atoms with Crippen molar-refractivity contribution in [3.05, 3.63) is 12.2 Å². The molecule has 0 saturated heterocycles. The number of ether oxygens (including phenoxy) is 1. The molecule has 1 heterocycles. The van der Waals surface area contributed by atoms with Gasteiger partial charge in [0.15, 0.2) is 0 Å². The van der Waals surface area contributed by atoms with Gasteiger partial charge in [-0.2, -0.15) is 5.10 Å². The van der Waals surface area contributed by atoms with Crippen molar-refractivity contribution in [1.82, 2.24) is 20.1 Å². The normalized spacial score (nSPS) is 13.9. The fraction of sp³-hybridized carbons (Fsp3) is 0.833. The van der Waals surface area contributed by atoms with E-state index in [0.29, 0.717) is 0 Å². The third kappa shape index (κ3) is 3.78. The summed E-state index contributed by atoms with van der Waals surface area (Å²) in [4.78, 5) is 4.36. The Balaban J connectivity index is 2.85. The molecule has 0 fully saturated rings. The lowest BCUT2D eigenvalue weighted by atomic mass is 9.98. The molecule has 0 amide bonds. The molecule has 17 heavy (non-hydrogen) atoms. The zero-order valence-corrected chi connectivity index (χ0v) is 11.5. The highest BCUT2D eigenvalue weighted by atomic mass is 16.5. The van der Waals surface area contributed by atoms with Gasteiger partial charge in [0.05, 0.1) is 11.6 Å². The topological polar surface area (TPSA) is 52.0 Å². The van der Waals surface area contributed by atoms with E-state index in [2.05, 4.69) is 43.1 Å². The van der Waals surface area contributed by atoms with Crippen LogP contribution in [0.25, 0.3) is 0 Å². The standard InChI is InChI=1S/C12H24N4O/c1-6-13-10(8-12(3,4)17-5)11-14-9-15-16(11)7-2/h9-10,13H,6-8H2,1-5H3. The first-order valence-corrected chi connectivity index (χ1v) is 6.20. The molecular formula is C12H24N4O. The van der Waals surface area contributed by atoms with Crippen molar-refractivity contribution < 1.29 is 4.74 Å². The number of nitrogens with one attached hydrogen (secondary N) is 1. The Morgan fingerprint density at radius 2 is 2.18 bits per heavy atom. The molecule has 1 unspecified atom stereocenters. The molecule has 1 N–H and O–H groups in total. The van der Waals surface area contributed by atoms with Gasteiger partial charge < -0.3 is 10.1 Å². The number of rotatable bonds is 7. The molecule has 0 spiro atoms. The Kier molecular flexibility index (Phi) is 5.08. The van der Waals surface area contributed by atoms with E-state index < -0.39 is 0 Å². The fourth-order valence-electron chi connectivity index (χ4n) is 1.86. The second kappa shape index (κ2) is 6.12. The van der Waals surface area contributed by atoms with Gasteiger partial charge >= 0.3 is 0 Å². The van der Waals surface area contributed by atoms with Gasteiger partial charge in [-0.25, -0.2) is 9.67 Å². The summed E-state index contributed by atoms with van der Waals surface area (Å²) < 4.78 is 7.42.